The molecule has 0 aliphatic heterocycles. The van der Waals surface area contributed by atoms with Gasteiger partial charge in [0.1, 0.15) is 23.4 Å². The third-order valence-corrected chi connectivity index (χ3v) is 3.85. The van der Waals surface area contributed by atoms with Crippen LogP contribution in [0.1, 0.15) is 6.92 Å². The van der Waals surface area contributed by atoms with Gasteiger partial charge in [0.25, 0.3) is 0 Å². The first kappa shape index (κ1) is 18.7. The number of nitrogens with one attached hydrogen (secondary N) is 2. The molecule has 1 aromatic carbocycles. The maximum absolute atomic E-state index is 11.8. The number of pyridine rings is 1. The highest BCUT2D eigenvalue weighted by molar-refractivity contribution is 5.92. The average molecular weight is 383 g/mol. The minimum absolute atomic E-state index is 0.213. The molecular weight excluding hydrogens is 366 g/mol. The minimum atomic E-state index is -1.07. The van der Waals surface area contributed by atoms with Crippen molar-refractivity contribution in [2.24, 2.45) is 5.73 Å². The third-order valence-electron chi connectivity index (χ3n) is 3.85. The van der Waals surface area contributed by atoms with E-state index in [0.717, 1.165) is 4.57 Å². The van der Waals surface area contributed by atoms with E-state index in [0.29, 0.717) is 22.4 Å². The second kappa shape index (κ2) is 7.66. The lowest BCUT2D eigenvalue weighted by atomic mass is 10.2. The average Bonchev–Trinajstić information content (AvgIpc) is 3.05. The van der Waals surface area contributed by atoms with Gasteiger partial charge in [-0.3, -0.25) is 14.7 Å². The van der Waals surface area contributed by atoms with Gasteiger partial charge in [-0.25, -0.2) is 14.6 Å². The van der Waals surface area contributed by atoms with Crippen molar-refractivity contribution in [2.75, 3.05) is 5.32 Å². The molecular formula is C18H17N5O5. The molecule has 0 fully saturated rings. The maximum atomic E-state index is 11.8. The van der Waals surface area contributed by atoms with Crippen molar-refractivity contribution in [3.05, 3.63) is 48.8 Å². The molecule has 10 heteroatoms. The Balaban J connectivity index is 1.72. The van der Waals surface area contributed by atoms with Gasteiger partial charge >= 0.3 is 12.1 Å². The second-order valence-corrected chi connectivity index (χ2v) is 5.89. The third kappa shape index (κ3) is 4.18. The van der Waals surface area contributed by atoms with E-state index in [1.54, 1.807) is 30.3 Å². The summed E-state index contributed by atoms with van der Waals surface area (Å²) in [7, 11) is 0. The number of rotatable bonds is 5. The molecule has 0 unspecified atom stereocenters. The summed E-state index contributed by atoms with van der Waals surface area (Å²) in [4.78, 5) is 38.0. The predicted octanol–water partition coefficient (Wildman–Crippen LogP) is 2.35. The van der Waals surface area contributed by atoms with E-state index in [4.69, 9.17) is 15.6 Å². The summed E-state index contributed by atoms with van der Waals surface area (Å²) in [5, 5.41) is 14.7. The molecule has 1 atom stereocenters. The van der Waals surface area contributed by atoms with Crippen molar-refractivity contribution in [3.63, 3.8) is 0 Å². The Hall–Kier alpha value is -4.08. The summed E-state index contributed by atoms with van der Waals surface area (Å²) in [5.41, 5.74) is 5.63. The molecule has 3 rings (SSSR count). The lowest BCUT2D eigenvalue weighted by Gasteiger charge is -2.12. The number of carbonyl (C=O) groups excluding carboxylic acids is 2. The largest absolute Gasteiger partial charge is 0.464 e. The standard InChI is InChI=1S/C18H17N5O5/c1-10(16(19)24)21-17(25)22-15-9-13(4-6-20-15)28-12-2-3-14-11(8-12)5-7-23(14)18(26)27/h2-10H,1H3,(H2,19,24)(H,26,27)(H2,20,21,22,25)/t10-/m0/s1. The van der Waals surface area contributed by atoms with Crippen LogP contribution in [0.3, 0.4) is 0 Å². The summed E-state index contributed by atoms with van der Waals surface area (Å²) in [6.07, 6.45) is 1.83. The van der Waals surface area contributed by atoms with E-state index in [-0.39, 0.29) is 5.82 Å². The molecule has 2 aromatic heterocycles. The zero-order chi connectivity index (χ0) is 20.3. The summed E-state index contributed by atoms with van der Waals surface area (Å²) >= 11 is 0. The van der Waals surface area contributed by atoms with Crippen LogP contribution in [0.25, 0.3) is 10.9 Å². The number of benzene rings is 1. The molecule has 10 nitrogen and oxygen atoms in total. The number of aromatic nitrogens is 2. The monoisotopic (exact) mass is 383 g/mol. The second-order valence-electron chi connectivity index (χ2n) is 5.89. The molecule has 3 aromatic rings. The summed E-state index contributed by atoms with van der Waals surface area (Å²) in [5.74, 6) is 0.446. The highest BCUT2D eigenvalue weighted by Crippen LogP contribution is 2.27. The molecule has 3 amide bonds. The number of fused-ring (bicyclic) bond motifs is 1. The van der Waals surface area contributed by atoms with E-state index in [1.807, 2.05) is 0 Å². The zero-order valence-corrected chi connectivity index (χ0v) is 14.7. The van der Waals surface area contributed by atoms with Crippen molar-refractivity contribution in [3.8, 4) is 11.5 Å². The van der Waals surface area contributed by atoms with E-state index < -0.39 is 24.1 Å². The Morgan fingerprint density at radius 1 is 1.18 bits per heavy atom. The fourth-order valence-electron chi connectivity index (χ4n) is 2.45. The van der Waals surface area contributed by atoms with Gasteiger partial charge in [-0.2, -0.15) is 0 Å². The lowest BCUT2D eigenvalue weighted by molar-refractivity contribution is -0.119. The number of hydrogen-bond acceptors (Lipinski definition) is 5. The van der Waals surface area contributed by atoms with Crippen LogP contribution in [0.4, 0.5) is 15.4 Å². The number of primary amides is 1. The zero-order valence-electron chi connectivity index (χ0n) is 14.7. The summed E-state index contributed by atoms with van der Waals surface area (Å²) in [6.45, 7) is 1.46. The highest BCUT2D eigenvalue weighted by Gasteiger charge is 2.13. The topological polar surface area (TPSA) is 149 Å². The predicted molar refractivity (Wildman–Crippen MR) is 100 cm³/mol. The first-order valence-electron chi connectivity index (χ1n) is 8.18. The Labute approximate surface area is 158 Å². The number of carbonyl (C=O) groups is 3. The quantitative estimate of drug-likeness (QED) is 0.531. The van der Waals surface area contributed by atoms with Gasteiger partial charge in [0, 0.05) is 23.8 Å². The molecule has 0 aliphatic rings. The van der Waals surface area contributed by atoms with Crippen LogP contribution in [0.5, 0.6) is 11.5 Å². The van der Waals surface area contributed by atoms with Gasteiger partial charge in [-0.15, -0.1) is 0 Å². The van der Waals surface area contributed by atoms with Crippen LogP contribution >= 0.6 is 0 Å². The van der Waals surface area contributed by atoms with Crippen molar-refractivity contribution in [1.29, 1.82) is 0 Å². The molecule has 2 heterocycles. The van der Waals surface area contributed by atoms with Crippen molar-refractivity contribution in [1.82, 2.24) is 14.9 Å². The van der Waals surface area contributed by atoms with E-state index in [1.165, 1.54) is 25.4 Å². The number of hydrogen-bond donors (Lipinski definition) is 4. The van der Waals surface area contributed by atoms with Gasteiger partial charge in [0.15, 0.2) is 0 Å². The van der Waals surface area contributed by atoms with Crippen LogP contribution in [0.15, 0.2) is 48.8 Å². The number of nitrogens with zero attached hydrogens (tertiary/aromatic N) is 2. The van der Waals surface area contributed by atoms with Gasteiger partial charge in [0.05, 0.1) is 5.52 Å². The van der Waals surface area contributed by atoms with E-state index in [9.17, 15) is 14.4 Å². The van der Waals surface area contributed by atoms with Crippen LogP contribution in [0, 0.1) is 0 Å². The highest BCUT2D eigenvalue weighted by atomic mass is 16.5. The van der Waals surface area contributed by atoms with Crippen LogP contribution < -0.4 is 21.1 Å². The van der Waals surface area contributed by atoms with Crippen LogP contribution in [0.2, 0.25) is 0 Å². The van der Waals surface area contributed by atoms with Crippen LogP contribution in [-0.2, 0) is 4.79 Å². The number of urea groups is 1. The molecule has 144 valence electrons. The summed E-state index contributed by atoms with van der Waals surface area (Å²) < 4.78 is 6.87. The van der Waals surface area contributed by atoms with Gasteiger partial charge in [-0.05, 0) is 37.3 Å². The number of carboxylic acid groups (broad SMARTS) is 1. The molecule has 0 bridgehead atoms. The SMILES string of the molecule is C[C@H](NC(=O)Nc1cc(Oc2ccc3c(ccn3C(=O)O)c2)ccn1)C(N)=O. The minimum Gasteiger partial charge on any atom is -0.464 e. The molecule has 0 aliphatic carbocycles. The fraction of sp³-hybridized carbons (Fsp3) is 0.111. The first-order chi connectivity index (χ1) is 13.3. The molecule has 28 heavy (non-hydrogen) atoms. The first-order valence-corrected chi connectivity index (χ1v) is 8.18. The maximum Gasteiger partial charge on any atom is 0.415 e. The molecule has 0 saturated carbocycles. The molecule has 0 saturated heterocycles. The summed E-state index contributed by atoms with van der Waals surface area (Å²) in [6, 6.07) is 8.28. The van der Waals surface area contributed by atoms with Gasteiger partial charge < -0.3 is 20.9 Å². The van der Waals surface area contributed by atoms with Crippen LogP contribution in [-0.4, -0.2) is 38.7 Å². The Morgan fingerprint density at radius 3 is 2.64 bits per heavy atom. The molecule has 0 radical (unpaired) electrons. The number of anilines is 1. The van der Waals surface area contributed by atoms with Gasteiger partial charge in [-0.1, -0.05) is 0 Å². The lowest BCUT2D eigenvalue weighted by Crippen LogP contribution is -2.44. The van der Waals surface area contributed by atoms with Crippen molar-refractivity contribution >= 4 is 34.8 Å². The fourth-order valence-corrected chi connectivity index (χ4v) is 2.45. The number of nitrogens with two attached hydrogens (primary N) is 1. The smallest absolute Gasteiger partial charge is 0.415 e. The van der Waals surface area contributed by atoms with Gasteiger partial charge in [0.2, 0.25) is 5.91 Å². The Morgan fingerprint density at radius 2 is 1.93 bits per heavy atom. The normalized spacial score (nSPS) is 11.6. The number of ether oxygens (including phenoxy) is 1. The van der Waals surface area contributed by atoms with Crippen molar-refractivity contribution < 1.29 is 24.2 Å². The molecule has 0 spiro atoms. The number of amides is 3. The van der Waals surface area contributed by atoms with Crippen molar-refractivity contribution in [2.45, 2.75) is 13.0 Å². The van der Waals surface area contributed by atoms with E-state index in [2.05, 4.69) is 15.6 Å². The molecule has 5 N–H and O–H groups in total. The van der Waals surface area contributed by atoms with E-state index >= 15 is 0 Å². The Kier molecular flexibility index (Phi) is 5.12. The Bertz CT molecular complexity index is 1060.